The minimum atomic E-state index is -3.86. The first-order valence-corrected chi connectivity index (χ1v) is 15.1. The molecular formula is C23H29NO7SSi. The number of fused-ring (bicyclic) bond motifs is 1. The lowest BCUT2D eigenvalue weighted by atomic mass is 10.1. The molecule has 33 heavy (non-hydrogen) atoms. The molecule has 1 heterocycles. The Kier molecular flexibility index (Phi) is 6.38. The molecule has 0 saturated carbocycles. The number of benzene rings is 2. The van der Waals surface area contributed by atoms with Crippen molar-refractivity contribution in [2.24, 2.45) is 0 Å². The molecule has 0 aromatic heterocycles. The van der Waals surface area contributed by atoms with Gasteiger partial charge in [-0.15, -0.1) is 0 Å². The van der Waals surface area contributed by atoms with Crippen LogP contribution in [0.25, 0.3) is 0 Å². The summed E-state index contributed by atoms with van der Waals surface area (Å²) in [5.74, 6) is -0.176. The second-order valence-corrected chi connectivity index (χ2v) is 15.8. The number of rotatable bonds is 7. The zero-order valence-electron chi connectivity index (χ0n) is 19.9. The average molecular weight is 492 g/mol. The molecule has 2 aromatic rings. The van der Waals surface area contributed by atoms with Gasteiger partial charge in [-0.05, 0) is 48.0 Å². The van der Waals surface area contributed by atoms with Gasteiger partial charge in [-0.3, -0.25) is 14.5 Å². The van der Waals surface area contributed by atoms with Crippen LogP contribution in [0.2, 0.25) is 18.1 Å². The van der Waals surface area contributed by atoms with Gasteiger partial charge in [0.2, 0.25) is 0 Å². The summed E-state index contributed by atoms with van der Waals surface area (Å²) in [4.78, 5) is 27.0. The molecular weight excluding hydrogens is 462 g/mol. The van der Waals surface area contributed by atoms with E-state index >= 15 is 0 Å². The molecule has 2 amide bonds. The Hall–Kier alpha value is -2.85. The van der Waals surface area contributed by atoms with E-state index in [-0.39, 0.29) is 28.5 Å². The highest BCUT2D eigenvalue weighted by atomic mass is 32.2. The molecule has 0 saturated heterocycles. The van der Waals surface area contributed by atoms with E-state index in [9.17, 15) is 18.0 Å². The fraction of sp³-hybridized carbons (Fsp3) is 0.391. The first kappa shape index (κ1) is 24.8. The molecule has 8 nitrogen and oxygen atoms in total. The molecule has 0 N–H and O–H groups in total. The predicted octanol–water partition coefficient (Wildman–Crippen LogP) is 4.21. The predicted molar refractivity (Wildman–Crippen MR) is 127 cm³/mol. The van der Waals surface area contributed by atoms with Gasteiger partial charge < -0.3 is 13.3 Å². The average Bonchev–Trinajstić information content (AvgIpc) is 2.92. The molecule has 0 bridgehead atoms. The SMILES string of the molecule is COc1cc(CN2C(=O)c3cccc(OS(C)(=O)=O)c3C2=O)ccc1O[Si](C)(C)C(C)(C)C. The van der Waals surface area contributed by atoms with Crippen LogP contribution in [-0.2, 0) is 16.7 Å². The summed E-state index contributed by atoms with van der Waals surface area (Å²) in [6.07, 6.45) is 0.880. The third-order valence-electron chi connectivity index (χ3n) is 5.94. The Morgan fingerprint density at radius 1 is 0.970 bits per heavy atom. The number of imide groups is 1. The Morgan fingerprint density at radius 2 is 1.64 bits per heavy atom. The van der Waals surface area contributed by atoms with E-state index < -0.39 is 30.2 Å². The maximum absolute atomic E-state index is 13.0. The van der Waals surface area contributed by atoms with Gasteiger partial charge >= 0.3 is 10.1 Å². The lowest BCUT2D eigenvalue weighted by Crippen LogP contribution is -2.43. The third-order valence-corrected chi connectivity index (χ3v) is 10.8. The van der Waals surface area contributed by atoms with E-state index in [1.54, 1.807) is 18.2 Å². The van der Waals surface area contributed by atoms with Crippen LogP contribution in [0, 0.1) is 0 Å². The summed E-state index contributed by atoms with van der Waals surface area (Å²) in [7, 11) is -4.43. The highest BCUT2D eigenvalue weighted by Gasteiger charge is 2.40. The summed E-state index contributed by atoms with van der Waals surface area (Å²) in [5.41, 5.74) is 0.707. The van der Waals surface area contributed by atoms with Gasteiger partial charge in [0.05, 0.1) is 31.0 Å². The normalized spacial score (nSPS) is 14.3. The van der Waals surface area contributed by atoms with Crippen LogP contribution in [0.4, 0.5) is 0 Å². The number of carbonyl (C=O) groups is 2. The van der Waals surface area contributed by atoms with Crippen molar-refractivity contribution in [3.8, 4) is 17.2 Å². The molecule has 3 rings (SSSR count). The zero-order chi connectivity index (χ0) is 24.8. The van der Waals surface area contributed by atoms with Gasteiger partial charge in [-0.2, -0.15) is 8.42 Å². The van der Waals surface area contributed by atoms with Crippen LogP contribution in [0.15, 0.2) is 36.4 Å². The smallest absolute Gasteiger partial charge is 0.306 e. The minimum absolute atomic E-state index is 0.00258. The van der Waals surface area contributed by atoms with Crippen molar-refractivity contribution in [3.05, 3.63) is 53.1 Å². The summed E-state index contributed by atoms with van der Waals surface area (Å²) in [6.45, 7) is 10.7. The molecule has 1 aliphatic rings. The van der Waals surface area contributed by atoms with Gasteiger partial charge in [-0.25, -0.2) is 0 Å². The van der Waals surface area contributed by atoms with Gasteiger partial charge in [0.25, 0.3) is 20.1 Å². The van der Waals surface area contributed by atoms with Crippen LogP contribution in [0.5, 0.6) is 17.2 Å². The zero-order valence-corrected chi connectivity index (χ0v) is 21.7. The number of amides is 2. The van der Waals surface area contributed by atoms with E-state index in [1.165, 1.54) is 25.3 Å². The van der Waals surface area contributed by atoms with E-state index in [2.05, 4.69) is 33.9 Å². The molecule has 0 fully saturated rings. The molecule has 0 spiro atoms. The number of hydrogen-bond acceptors (Lipinski definition) is 7. The topological polar surface area (TPSA) is 99.2 Å². The molecule has 0 aliphatic carbocycles. The lowest BCUT2D eigenvalue weighted by Gasteiger charge is -2.36. The van der Waals surface area contributed by atoms with Crippen LogP contribution in [0.3, 0.4) is 0 Å². The molecule has 2 aromatic carbocycles. The van der Waals surface area contributed by atoms with Crippen LogP contribution in [-0.4, -0.2) is 46.8 Å². The summed E-state index contributed by atoms with van der Waals surface area (Å²) < 4.78 is 39.9. The maximum atomic E-state index is 13.0. The van der Waals surface area contributed by atoms with Gasteiger partial charge in [-0.1, -0.05) is 32.9 Å². The molecule has 178 valence electrons. The van der Waals surface area contributed by atoms with Crippen molar-refractivity contribution in [1.29, 1.82) is 0 Å². The summed E-state index contributed by atoms with van der Waals surface area (Å²) in [5, 5.41) is 0.00258. The van der Waals surface area contributed by atoms with Crippen LogP contribution in [0.1, 0.15) is 47.1 Å². The molecule has 10 heteroatoms. The maximum Gasteiger partial charge on any atom is 0.306 e. The minimum Gasteiger partial charge on any atom is -0.541 e. The Labute approximate surface area is 195 Å². The quantitative estimate of drug-likeness (QED) is 0.325. The number of methoxy groups -OCH3 is 1. The highest BCUT2D eigenvalue weighted by molar-refractivity contribution is 7.86. The monoisotopic (exact) mass is 491 g/mol. The first-order valence-electron chi connectivity index (χ1n) is 10.4. The second-order valence-electron chi connectivity index (χ2n) is 9.51. The number of nitrogens with zero attached hydrogens (tertiary/aromatic N) is 1. The van der Waals surface area contributed by atoms with Gasteiger partial charge in [0.15, 0.2) is 11.5 Å². The molecule has 1 aliphatic heterocycles. The summed E-state index contributed by atoms with van der Waals surface area (Å²) >= 11 is 0. The fourth-order valence-electron chi connectivity index (χ4n) is 3.18. The van der Waals surface area contributed by atoms with Gasteiger partial charge in [0.1, 0.15) is 5.75 Å². The van der Waals surface area contributed by atoms with E-state index in [4.69, 9.17) is 13.3 Å². The Morgan fingerprint density at radius 3 is 2.21 bits per heavy atom. The van der Waals surface area contributed by atoms with Crippen molar-refractivity contribution in [2.45, 2.75) is 45.4 Å². The molecule has 0 unspecified atom stereocenters. The van der Waals surface area contributed by atoms with Crippen molar-refractivity contribution >= 4 is 30.2 Å². The van der Waals surface area contributed by atoms with Crippen molar-refractivity contribution in [3.63, 3.8) is 0 Å². The van der Waals surface area contributed by atoms with E-state index in [0.29, 0.717) is 17.1 Å². The number of ether oxygens (including phenoxy) is 1. The van der Waals surface area contributed by atoms with Crippen LogP contribution >= 0.6 is 0 Å². The molecule has 0 atom stereocenters. The lowest BCUT2D eigenvalue weighted by molar-refractivity contribution is 0.0642. The fourth-order valence-corrected chi connectivity index (χ4v) is 4.67. The third kappa shape index (κ3) is 5.06. The Balaban J connectivity index is 1.89. The first-order chi connectivity index (χ1) is 15.1. The van der Waals surface area contributed by atoms with Crippen molar-refractivity contribution in [2.75, 3.05) is 13.4 Å². The summed E-state index contributed by atoms with van der Waals surface area (Å²) in [6, 6.07) is 9.60. The second kappa shape index (κ2) is 8.49. The van der Waals surface area contributed by atoms with E-state index in [1.807, 2.05) is 0 Å². The number of carbonyl (C=O) groups excluding carboxylic acids is 2. The van der Waals surface area contributed by atoms with Gasteiger partial charge in [0, 0.05) is 0 Å². The van der Waals surface area contributed by atoms with Crippen LogP contribution < -0.4 is 13.3 Å². The highest BCUT2D eigenvalue weighted by Crippen LogP contribution is 2.40. The van der Waals surface area contributed by atoms with E-state index in [0.717, 1.165) is 11.2 Å². The van der Waals surface area contributed by atoms with Crippen molar-refractivity contribution < 1.29 is 31.4 Å². The van der Waals surface area contributed by atoms with Crippen molar-refractivity contribution in [1.82, 2.24) is 4.90 Å². The Bertz CT molecular complexity index is 1220. The standard InChI is InChI=1S/C23H29NO7SSi/c1-23(2,3)33(6,7)31-17-12-11-15(13-19(17)29-4)14-24-21(25)16-9-8-10-18(20(16)22(24)26)30-32(5,27)28/h8-13H,14H2,1-7H3. The number of hydrogen-bond donors (Lipinski definition) is 0. The molecule has 0 radical (unpaired) electrons. The largest absolute Gasteiger partial charge is 0.541 e.